The van der Waals surface area contributed by atoms with Gasteiger partial charge in [-0.2, -0.15) is 13.2 Å². The average Bonchev–Trinajstić information content (AvgIpc) is 2.21. The van der Waals surface area contributed by atoms with E-state index in [0.717, 1.165) is 6.07 Å². The molecule has 0 aliphatic carbocycles. The van der Waals surface area contributed by atoms with Crippen molar-refractivity contribution in [1.82, 2.24) is 0 Å². The van der Waals surface area contributed by atoms with E-state index >= 15 is 0 Å². The molecular weight excluding hydrogens is 299 g/mol. The summed E-state index contributed by atoms with van der Waals surface area (Å²) in [5, 5.41) is 9.58. The molecule has 17 heavy (non-hydrogen) atoms. The third kappa shape index (κ3) is 3.89. The molecule has 1 aromatic rings. The fourth-order valence-corrected chi connectivity index (χ4v) is 2.03. The molecule has 96 valence electrons. The molecule has 0 spiro atoms. The van der Waals surface area contributed by atoms with Crippen molar-refractivity contribution in [1.29, 1.82) is 0 Å². The van der Waals surface area contributed by atoms with E-state index in [0.29, 0.717) is 35.8 Å². The molecule has 0 heterocycles. The molecule has 0 unspecified atom stereocenters. The number of unbranched alkanes of at least 4 members (excludes halogenated alkanes) is 1. The van der Waals surface area contributed by atoms with Crippen molar-refractivity contribution in [3.05, 3.63) is 27.7 Å². The van der Waals surface area contributed by atoms with Gasteiger partial charge in [0.1, 0.15) is 5.75 Å². The molecule has 2 nitrogen and oxygen atoms in total. The third-order valence-electron chi connectivity index (χ3n) is 2.36. The first-order valence-corrected chi connectivity index (χ1v) is 5.94. The fourth-order valence-electron chi connectivity index (χ4n) is 1.52. The Morgan fingerprint density at radius 2 is 1.88 bits per heavy atom. The molecule has 1 aromatic carbocycles. The minimum absolute atomic E-state index is 0.292. The topological polar surface area (TPSA) is 46.2 Å². The number of hydrogen-bond donors (Lipinski definition) is 2. The van der Waals surface area contributed by atoms with Crippen LogP contribution in [0.15, 0.2) is 16.6 Å². The number of phenolic OH excluding ortho intramolecular Hbond substituents is 1. The van der Waals surface area contributed by atoms with Gasteiger partial charge in [-0.3, -0.25) is 0 Å². The van der Waals surface area contributed by atoms with Crippen molar-refractivity contribution in [2.45, 2.75) is 25.4 Å². The van der Waals surface area contributed by atoms with Gasteiger partial charge in [0.2, 0.25) is 0 Å². The monoisotopic (exact) mass is 311 g/mol. The Labute approximate surface area is 106 Å². The number of alkyl halides is 3. The number of nitrogens with two attached hydrogens (primary N) is 1. The molecule has 0 radical (unpaired) electrons. The van der Waals surface area contributed by atoms with Crippen LogP contribution in [0.5, 0.6) is 5.75 Å². The molecule has 0 bridgehead atoms. The Morgan fingerprint density at radius 3 is 2.41 bits per heavy atom. The lowest BCUT2D eigenvalue weighted by Crippen LogP contribution is -2.07. The van der Waals surface area contributed by atoms with Crippen LogP contribution in [-0.2, 0) is 12.6 Å². The lowest BCUT2D eigenvalue weighted by Gasteiger charge is -2.13. The van der Waals surface area contributed by atoms with E-state index in [9.17, 15) is 18.3 Å². The molecule has 0 amide bonds. The maximum Gasteiger partial charge on any atom is 0.420 e. The van der Waals surface area contributed by atoms with Crippen molar-refractivity contribution in [2.75, 3.05) is 6.54 Å². The molecule has 6 heteroatoms. The summed E-state index contributed by atoms with van der Waals surface area (Å²) in [4.78, 5) is 0. The van der Waals surface area contributed by atoms with E-state index in [-0.39, 0.29) is 0 Å². The lowest BCUT2D eigenvalue weighted by molar-refractivity contribution is -0.138. The predicted molar refractivity (Wildman–Crippen MR) is 62.8 cm³/mol. The Hall–Kier alpha value is -0.750. The molecule has 0 saturated heterocycles. The highest BCUT2D eigenvalue weighted by atomic mass is 79.9. The fraction of sp³-hybridized carbons (Fsp3) is 0.455. The first kappa shape index (κ1) is 14.3. The van der Waals surface area contributed by atoms with E-state index < -0.39 is 17.5 Å². The predicted octanol–water partition coefficient (Wildman–Crippen LogP) is 3.45. The van der Waals surface area contributed by atoms with E-state index in [1.165, 1.54) is 6.07 Å². The van der Waals surface area contributed by atoms with Crippen LogP contribution >= 0.6 is 15.9 Å². The van der Waals surface area contributed by atoms with Crippen LogP contribution in [0.25, 0.3) is 0 Å². The summed E-state index contributed by atoms with van der Waals surface area (Å²) < 4.78 is 38.1. The minimum atomic E-state index is -4.55. The number of aromatic hydroxyl groups is 1. The van der Waals surface area contributed by atoms with Crippen LogP contribution in [-0.4, -0.2) is 11.7 Å². The van der Waals surface area contributed by atoms with Crippen LogP contribution in [0, 0.1) is 0 Å². The zero-order valence-electron chi connectivity index (χ0n) is 9.02. The standard InChI is InChI=1S/C11H13BrF3NO/c12-8-5-7(3-1-2-4-16)10(17)9(6-8)11(13,14)15/h5-6,17H,1-4,16H2. The minimum Gasteiger partial charge on any atom is -0.507 e. The van der Waals surface area contributed by atoms with E-state index in [4.69, 9.17) is 5.73 Å². The SMILES string of the molecule is NCCCCc1cc(Br)cc(C(F)(F)F)c1O. The summed E-state index contributed by atoms with van der Waals surface area (Å²) in [7, 11) is 0. The van der Waals surface area contributed by atoms with Crippen molar-refractivity contribution >= 4 is 15.9 Å². The van der Waals surface area contributed by atoms with E-state index in [1.54, 1.807) is 0 Å². The number of halogens is 4. The van der Waals surface area contributed by atoms with Gasteiger partial charge in [-0.25, -0.2) is 0 Å². The molecule has 0 aromatic heterocycles. The van der Waals surface area contributed by atoms with E-state index in [1.807, 2.05) is 0 Å². The highest BCUT2D eigenvalue weighted by Gasteiger charge is 2.35. The summed E-state index contributed by atoms with van der Waals surface area (Å²) in [6.07, 6.45) is -2.80. The molecule has 1 rings (SSSR count). The lowest BCUT2D eigenvalue weighted by atomic mass is 10.0. The Bertz CT molecular complexity index is 393. The third-order valence-corrected chi connectivity index (χ3v) is 2.82. The summed E-state index contributed by atoms with van der Waals surface area (Å²) in [5.41, 5.74) is 4.59. The average molecular weight is 312 g/mol. The highest BCUT2D eigenvalue weighted by Crippen LogP contribution is 2.39. The maximum atomic E-state index is 12.6. The number of benzene rings is 1. The Balaban J connectivity index is 3.02. The molecular formula is C11H13BrF3NO. The van der Waals surface area contributed by atoms with Crippen molar-refractivity contribution in [3.63, 3.8) is 0 Å². The summed E-state index contributed by atoms with van der Waals surface area (Å²) >= 11 is 3.01. The van der Waals surface area contributed by atoms with Gasteiger partial charge in [0.25, 0.3) is 0 Å². The molecule has 0 aliphatic rings. The molecule has 0 fully saturated rings. The van der Waals surface area contributed by atoms with Crippen LogP contribution in [0.2, 0.25) is 0 Å². The molecule has 0 saturated carbocycles. The van der Waals surface area contributed by atoms with Gasteiger partial charge in [0.15, 0.2) is 0 Å². The van der Waals surface area contributed by atoms with Gasteiger partial charge in [-0.1, -0.05) is 15.9 Å². The zero-order valence-corrected chi connectivity index (χ0v) is 10.6. The van der Waals surface area contributed by atoms with Gasteiger partial charge < -0.3 is 10.8 Å². The van der Waals surface area contributed by atoms with Crippen molar-refractivity contribution < 1.29 is 18.3 Å². The van der Waals surface area contributed by atoms with Gasteiger partial charge in [0.05, 0.1) is 5.56 Å². The van der Waals surface area contributed by atoms with Crippen LogP contribution < -0.4 is 5.73 Å². The summed E-state index contributed by atoms with van der Waals surface area (Å²) in [5.74, 6) is -0.683. The Kier molecular flexibility index (Phi) is 4.82. The van der Waals surface area contributed by atoms with E-state index in [2.05, 4.69) is 15.9 Å². The zero-order chi connectivity index (χ0) is 13.1. The van der Waals surface area contributed by atoms with Gasteiger partial charge in [-0.05, 0) is 43.5 Å². The number of aryl methyl sites for hydroxylation is 1. The first-order chi connectivity index (χ1) is 7.86. The molecule has 3 N–H and O–H groups in total. The second-order valence-electron chi connectivity index (χ2n) is 3.70. The normalized spacial score (nSPS) is 11.8. The van der Waals surface area contributed by atoms with Gasteiger partial charge in [0, 0.05) is 4.47 Å². The van der Waals surface area contributed by atoms with Crippen molar-refractivity contribution in [3.8, 4) is 5.75 Å². The second-order valence-corrected chi connectivity index (χ2v) is 4.62. The van der Waals surface area contributed by atoms with Crippen LogP contribution in [0.4, 0.5) is 13.2 Å². The quantitative estimate of drug-likeness (QED) is 0.837. The largest absolute Gasteiger partial charge is 0.507 e. The maximum absolute atomic E-state index is 12.6. The Morgan fingerprint density at radius 1 is 1.24 bits per heavy atom. The molecule has 0 aliphatic heterocycles. The summed E-state index contributed by atoms with van der Waals surface area (Å²) in [6.45, 7) is 0.487. The molecule has 0 atom stereocenters. The highest BCUT2D eigenvalue weighted by molar-refractivity contribution is 9.10. The number of rotatable bonds is 4. The van der Waals surface area contributed by atoms with Crippen LogP contribution in [0.1, 0.15) is 24.0 Å². The smallest absolute Gasteiger partial charge is 0.420 e. The summed E-state index contributed by atoms with van der Waals surface area (Å²) in [6, 6.07) is 2.38. The van der Waals surface area contributed by atoms with Gasteiger partial charge in [-0.15, -0.1) is 0 Å². The number of phenols is 1. The first-order valence-electron chi connectivity index (χ1n) is 5.15. The second kappa shape index (κ2) is 5.73. The van der Waals surface area contributed by atoms with Crippen molar-refractivity contribution in [2.24, 2.45) is 5.73 Å². The number of hydrogen-bond acceptors (Lipinski definition) is 2. The van der Waals surface area contributed by atoms with Gasteiger partial charge >= 0.3 is 6.18 Å². The van der Waals surface area contributed by atoms with Crippen LogP contribution in [0.3, 0.4) is 0 Å².